The van der Waals surface area contributed by atoms with Gasteiger partial charge in [0, 0.05) is 17.7 Å². The maximum absolute atomic E-state index is 12.6. The van der Waals surface area contributed by atoms with E-state index in [9.17, 15) is 50.8 Å². The monoisotopic (exact) mass is 482 g/mol. The first-order valence-electron chi connectivity index (χ1n) is 10.0. The maximum Gasteiger partial charge on any atom is 0.229 e. The molecular formula is C21H22O13. The lowest BCUT2D eigenvalue weighted by molar-refractivity contribution is -0.277. The van der Waals surface area contributed by atoms with Crippen molar-refractivity contribution in [3.05, 3.63) is 35.4 Å². The molecule has 0 saturated carbocycles. The quantitative estimate of drug-likeness (QED) is 0.223. The molecule has 1 fully saturated rings. The molecule has 2 heterocycles. The van der Waals surface area contributed by atoms with E-state index in [-0.39, 0.29) is 16.9 Å². The molecule has 0 aromatic heterocycles. The van der Waals surface area contributed by atoms with E-state index in [0.717, 1.165) is 24.3 Å². The van der Waals surface area contributed by atoms with Crippen LogP contribution in [0, 0.1) is 0 Å². The molecule has 2 aliphatic heterocycles. The van der Waals surface area contributed by atoms with Crippen molar-refractivity contribution in [1.82, 2.24) is 0 Å². The van der Waals surface area contributed by atoms with Crippen LogP contribution in [0.2, 0.25) is 0 Å². The number of benzene rings is 2. The van der Waals surface area contributed by atoms with Crippen LogP contribution in [0.4, 0.5) is 0 Å². The van der Waals surface area contributed by atoms with Crippen molar-refractivity contribution in [2.75, 3.05) is 6.61 Å². The summed E-state index contributed by atoms with van der Waals surface area (Å²) in [4.78, 5) is 12.6. The van der Waals surface area contributed by atoms with Crippen LogP contribution in [-0.4, -0.2) is 95.2 Å². The SMILES string of the molecule is O=C1c2c(O)cc(O)cc2O[C@H](c2cc(O)c(O)c(O[C@@H]3O[C@H](CO)[C@@H](O)[C@@H](O)[C@H]3O)c2)[C@@H]1O. The topological polar surface area (TPSA) is 227 Å². The molecule has 184 valence electrons. The molecule has 7 atom stereocenters. The zero-order valence-electron chi connectivity index (χ0n) is 17.2. The fourth-order valence-electron chi connectivity index (χ4n) is 3.82. The van der Waals surface area contributed by atoms with Crippen molar-refractivity contribution in [2.45, 2.75) is 42.9 Å². The summed E-state index contributed by atoms with van der Waals surface area (Å²) in [6, 6.07) is 3.94. The molecule has 0 radical (unpaired) electrons. The van der Waals surface area contributed by atoms with Crippen molar-refractivity contribution in [1.29, 1.82) is 0 Å². The van der Waals surface area contributed by atoms with Gasteiger partial charge in [-0.3, -0.25) is 4.79 Å². The fourth-order valence-corrected chi connectivity index (χ4v) is 3.82. The third kappa shape index (κ3) is 3.94. The molecule has 0 aliphatic carbocycles. The molecule has 4 rings (SSSR count). The zero-order chi connectivity index (χ0) is 24.9. The lowest BCUT2D eigenvalue weighted by atomic mass is 9.92. The number of phenolic OH excluding ortho intramolecular Hbond substituents is 4. The number of fused-ring (bicyclic) bond motifs is 1. The molecule has 2 aromatic rings. The fraction of sp³-hybridized carbons (Fsp3) is 0.381. The number of ketones is 1. The second kappa shape index (κ2) is 8.79. The van der Waals surface area contributed by atoms with Gasteiger partial charge < -0.3 is 60.2 Å². The number of aliphatic hydroxyl groups is 5. The summed E-state index contributed by atoms with van der Waals surface area (Å²) in [5, 5.41) is 89.8. The van der Waals surface area contributed by atoms with Crippen LogP contribution in [0.15, 0.2) is 24.3 Å². The number of phenols is 4. The van der Waals surface area contributed by atoms with E-state index >= 15 is 0 Å². The molecule has 2 aliphatic rings. The number of carbonyl (C=O) groups is 1. The Bertz CT molecular complexity index is 1100. The van der Waals surface area contributed by atoms with Crippen molar-refractivity contribution in [3.63, 3.8) is 0 Å². The standard InChI is InChI=1S/C21H22O13/c22-5-12-15(27)17(29)19(31)21(34-12)33-11-2-6(1-9(25)14(11)26)20-18(30)16(28)13-8(24)3-7(23)4-10(13)32-20/h1-4,12,15,17-27,29-31H,5H2/t12-,15-,17-,18-,19-,20-,21-/m1/s1. The van der Waals surface area contributed by atoms with Gasteiger partial charge in [0.25, 0.3) is 0 Å². The second-order valence-electron chi connectivity index (χ2n) is 7.89. The maximum atomic E-state index is 12.6. The van der Waals surface area contributed by atoms with Crippen molar-refractivity contribution < 1.29 is 65.0 Å². The molecule has 0 unspecified atom stereocenters. The minimum atomic E-state index is -1.87. The molecule has 0 amide bonds. The molecule has 0 spiro atoms. The lowest BCUT2D eigenvalue weighted by Crippen LogP contribution is -2.60. The Morgan fingerprint density at radius 2 is 1.59 bits per heavy atom. The molecule has 1 saturated heterocycles. The third-order valence-corrected chi connectivity index (χ3v) is 5.62. The molecule has 9 N–H and O–H groups in total. The summed E-state index contributed by atoms with van der Waals surface area (Å²) >= 11 is 0. The van der Waals surface area contributed by atoms with E-state index in [1.807, 2.05) is 0 Å². The van der Waals surface area contributed by atoms with Crippen LogP contribution in [0.5, 0.6) is 34.5 Å². The first-order valence-corrected chi connectivity index (χ1v) is 10.0. The van der Waals surface area contributed by atoms with Gasteiger partial charge in [-0.15, -0.1) is 0 Å². The lowest BCUT2D eigenvalue weighted by Gasteiger charge is -2.39. The first kappa shape index (κ1) is 23.8. The Morgan fingerprint density at radius 1 is 0.882 bits per heavy atom. The minimum absolute atomic E-state index is 0.0933. The van der Waals surface area contributed by atoms with Gasteiger partial charge in [-0.05, 0) is 12.1 Å². The minimum Gasteiger partial charge on any atom is -0.508 e. The van der Waals surface area contributed by atoms with E-state index in [1.165, 1.54) is 0 Å². The highest BCUT2D eigenvalue weighted by atomic mass is 16.7. The van der Waals surface area contributed by atoms with Crippen LogP contribution in [0.3, 0.4) is 0 Å². The number of Topliss-reactive ketones (excluding diaryl/α,β-unsaturated/α-hetero) is 1. The summed E-state index contributed by atoms with van der Waals surface area (Å²) in [5.74, 6) is -4.34. The Labute approximate surface area is 190 Å². The molecule has 0 bridgehead atoms. The van der Waals surface area contributed by atoms with Gasteiger partial charge in [0.2, 0.25) is 17.8 Å². The van der Waals surface area contributed by atoms with Crippen LogP contribution in [-0.2, 0) is 4.74 Å². The van der Waals surface area contributed by atoms with Gasteiger partial charge >= 0.3 is 0 Å². The highest BCUT2D eigenvalue weighted by Gasteiger charge is 2.45. The van der Waals surface area contributed by atoms with Gasteiger partial charge in [0.1, 0.15) is 47.2 Å². The highest BCUT2D eigenvalue weighted by molar-refractivity contribution is 6.05. The largest absolute Gasteiger partial charge is 0.508 e. The average molecular weight is 482 g/mol. The Balaban J connectivity index is 1.68. The van der Waals surface area contributed by atoms with E-state index in [0.29, 0.717) is 0 Å². The number of carbonyl (C=O) groups excluding carboxylic acids is 1. The van der Waals surface area contributed by atoms with Crippen LogP contribution in [0.1, 0.15) is 22.0 Å². The van der Waals surface area contributed by atoms with Crippen molar-refractivity contribution >= 4 is 5.78 Å². The average Bonchev–Trinajstić information content (AvgIpc) is 2.78. The Kier molecular flexibility index (Phi) is 6.16. The van der Waals surface area contributed by atoms with Crippen molar-refractivity contribution in [3.8, 4) is 34.5 Å². The van der Waals surface area contributed by atoms with Gasteiger partial charge in [0.05, 0.1) is 6.61 Å². The molecule has 2 aromatic carbocycles. The van der Waals surface area contributed by atoms with Gasteiger partial charge in [-0.25, -0.2) is 0 Å². The van der Waals surface area contributed by atoms with E-state index in [2.05, 4.69) is 0 Å². The number of ether oxygens (including phenoxy) is 3. The smallest absolute Gasteiger partial charge is 0.229 e. The van der Waals surface area contributed by atoms with Crippen molar-refractivity contribution in [2.24, 2.45) is 0 Å². The Hall–Kier alpha value is -3.33. The molecule has 13 heteroatoms. The Morgan fingerprint density at radius 3 is 2.26 bits per heavy atom. The van der Waals surface area contributed by atoms with E-state index in [4.69, 9.17) is 14.2 Å². The number of hydrogen-bond acceptors (Lipinski definition) is 13. The highest BCUT2D eigenvalue weighted by Crippen LogP contribution is 2.45. The number of hydrogen-bond donors (Lipinski definition) is 9. The number of aromatic hydroxyl groups is 4. The second-order valence-corrected chi connectivity index (χ2v) is 7.89. The van der Waals surface area contributed by atoms with E-state index in [1.54, 1.807) is 0 Å². The van der Waals surface area contributed by atoms with Crippen LogP contribution in [0.25, 0.3) is 0 Å². The number of aliphatic hydroxyl groups excluding tert-OH is 5. The summed E-state index contributed by atoms with van der Waals surface area (Å²) in [7, 11) is 0. The summed E-state index contributed by atoms with van der Waals surface area (Å²) in [5.41, 5.74) is -0.452. The van der Waals surface area contributed by atoms with E-state index < -0.39 is 84.1 Å². The molecule has 34 heavy (non-hydrogen) atoms. The van der Waals surface area contributed by atoms with Crippen LogP contribution >= 0.6 is 0 Å². The zero-order valence-corrected chi connectivity index (χ0v) is 17.2. The molecule has 13 nitrogen and oxygen atoms in total. The van der Waals surface area contributed by atoms with Crippen LogP contribution < -0.4 is 9.47 Å². The van der Waals surface area contributed by atoms with Gasteiger partial charge in [-0.1, -0.05) is 0 Å². The van der Waals surface area contributed by atoms with Gasteiger partial charge in [0.15, 0.2) is 23.7 Å². The predicted octanol–water partition coefficient (Wildman–Crippen LogP) is -1.64. The first-order chi connectivity index (χ1) is 16.0. The normalized spacial score (nSPS) is 31.0. The summed E-state index contributed by atoms with van der Waals surface area (Å²) in [6.07, 6.45) is -11.6. The third-order valence-electron chi connectivity index (χ3n) is 5.62. The number of rotatable bonds is 4. The summed E-state index contributed by atoms with van der Waals surface area (Å²) < 4.78 is 16.1. The predicted molar refractivity (Wildman–Crippen MR) is 108 cm³/mol. The summed E-state index contributed by atoms with van der Waals surface area (Å²) in [6.45, 7) is -0.731. The van der Waals surface area contributed by atoms with Gasteiger partial charge in [-0.2, -0.15) is 0 Å². The molecular weight excluding hydrogens is 460 g/mol.